The maximum atomic E-state index is 11.4. The Morgan fingerprint density at radius 2 is 1.82 bits per heavy atom. The fraction of sp³-hybridized carbons (Fsp3) is 0.500. The second-order valence-electron chi connectivity index (χ2n) is 3.52. The van der Waals surface area contributed by atoms with Gasteiger partial charge in [-0.15, -0.1) is 0 Å². The number of anilines is 1. The molecule has 5 heteroatoms. The van der Waals surface area contributed by atoms with Crippen molar-refractivity contribution in [2.45, 2.75) is 27.3 Å². The molecule has 0 bridgehead atoms. The number of benzene rings is 1. The minimum atomic E-state index is -3.23. The van der Waals surface area contributed by atoms with Gasteiger partial charge in [-0.05, 0) is 18.1 Å². The van der Waals surface area contributed by atoms with Gasteiger partial charge in [-0.3, -0.25) is 4.31 Å². The predicted octanol–water partition coefficient (Wildman–Crippen LogP) is 1.88. The van der Waals surface area contributed by atoms with Gasteiger partial charge < -0.3 is 5.73 Å². The molecular weight excluding hydrogens is 236 g/mol. The highest BCUT2D eigenvalue weighted by Gasteiger charge is 2.16. The zero-order valence-electron chi connectivity index (χ0n) is 11.2. The average molecular weight is 258 g/mol. The fourth-order valence-corrected chi connectivity index (χ4v) is 2.09. The van der Waals surface area contributed by atoms with Gasteiger partial charge in [-0.25, -0.2) is 8.42 Å². The van der Waals surface area contributed by atoms with Crippen LogP contribution in [0.25, 0.3) is 0 Å². The lowest BCUT2D eigenvalue weighted by Gasteiger charge is -2.21. The monoisotopic (exact) mass is 258 g/mol. The van der Waals surface area contributed by atoms with Crippen LogP contribution in [0.4, 0.5) is 5.69 Å². The van der Waals surface area contributed by atoms with Crippen molar-refractivity contribution >= 4 is 15.7 Å². The molecule has 1 rings (SSSR count). The van der Waals surface area contributed by atoms with Gasteiger partial charge >= 0.3 is 0 Å². The predicted molar refractivity (Wildman–Crippen MR) is 73.7 cm³/mol. The zero-order valence-corrected chi connectivity index (χ0v) is 12.0. The third-order valence-corrected chi connectivity index (χ3v) is 3.53. The molecule has 1 aromatic rings. The summed E-state index contributed by atoms with van der Waals surface area (Å²) >= 11 is 0. The van der Waals surface area contributed by atoms with Crippen LogP contribution >= 0.6 is 0 Å². The molecule has 0 radical (unpaired) electrons. The van der Waals surface area contributed by atoms with Gasteiger partial charge in [0.1, 0.15) is 0 Å². The van der Waals surface area contributed by atoms with Crippen molar-refractivity contribution in [1.29, 1.82) is 0 Å². The molecule has 0 heterocycles. The molecule has 0 saturated carbocycles. The van der Waals surface area contributed by atoms with Gasteiger partial charge in [0.15, 0.2) is 0 Å². The first-order valence-corrected chi connectivity index (χ1v) is 7.45. The molecule has 0 aliphatic carbocycles. The Bertz CT molecular complexity index is 456. The highest BCUT2D eigenvalue weighted by Crippen LogP contribution is 2.25. The molecule has 0 fully saturated rings. The molecular formula is C12H22N2O2S. The fourth-order valence-electron chi connectivity index (χ4n) is 1.50. The van der Waals surface area contributed by atoms with E-state index in [1.165, 1.54) is 17.6 Å². The van der Waals surface area contributed by atoms with Gasteiger partial charge in [0.25, 0.3) is 0 Å². The van der Waals surface area contributed by atoms with Crippen LogP contribution in [-0.4, -0.2) is 21.7 Å². The number of nitrogens with two attached hydrogens (primary N) is 1. The summed E-state index contributed by atoms with van der Waals surface area (Å²) in [5.41, 5.74) is 8.01. The van der Waals surface area contributed by atoms with Crippen LogP contribution in [0.2, 0.25) is 0 Å². The lowest BCUT2D eigenvalue weighted by Crippen LogP contribution is -2.27. The standard InChI is InChI=1S/C10H16N2O2S.C2H6/c1-8-5-4-6-9(7-11)10(8)12(2)15(3,13)14;1-2/h4-6H,7,11H2,1-3H3;1-2H3. The van der Waals surface area contributed by atoms with Crippen molar-refractivity contribution in [3.05, 3.63) is 29.3 Å². The van der Waals surface area contributed by atoms with E-state index in [4.69, 9.17) is 5.73 Å². The molecule has 0 unspecified atom stereocenters. The highest BCUT2D eigenvalue weighted by atomic mass is 32.2. The molecule has 2 N–H and O–H groups in total. The SMILES string of the molecule is CC.Cc1cccc(CN)c1N(C)S(C)(=O)=O. The Kier molecular flexibility index (Phi) is 6.20. The summed E-state index contributed by atoms with van der Waals surface area (Å²) in [6.07, 6.45) is 1.18. The maximum absolute atomic E-state index is 11.4. The van der Waals surface area contributed by atoms with Crippen LogP contribution < -0.4 is 10.0 Å². The van der Waals surface area contributed by atoms with E-state index in [9.17, 15) is 8.42 Å². The van der Waals surface area contributed by atoms with E-state index in [1.807, 2.05) is 39.0 Å². The molecule has 0 aliphatic heterocycles. The number of sulfonamides is 1. The van der Waals surface area contributed by atoms with Crippen molar-refractivity contribution < 1.29 is 8.42 Å². The number of nitrogens with zero attached hydrogens (tertiary/aromatic N) is 1. The van der Waals surface area contributed by atoms with Crippen LogP contribution in [0.15, 0.2) is 18.2 Å². The summed E-state index contributed by atoms with van der Waals surface area (Å²) in [4.78, 5) is 0. The van der Waals surface area contributed by atoms with E-state index in [-0.39, 0.29) is 0 Å². The van der Waals surface area contributed by atoms with Crippen molar-refractivity contribution in [2.75, 3.05) is 17.6 Å². The number of para-hydroxylation sites is 1. The van der Waals surface area contributed by atoms with Crippen LogP contribution in [0.1, 0.15) is 25.0 Å². The second-order valence-corrected chi connectivity index (χ2v) is 5.53. The summed E-state index contributed by atoms with van der Waals surface area (Å²) in [7, 11) is -1.69. The van der Waals surface area contributed by atoms with Crippen LogP contribution in [-0.2, 0) is 16.6 Å². The zero-order chi connectivity index (χ0) is 13.6. The van der Waals surface area contributed by atoms with Gasteiger partial charge in [0.05, 0.1) is 11.9 Å². The number of rotatable bonds is 3. The first-order valence-electron chi connectivity index (χ1n) is 5.60. The molecule has 0 atom stereocenters. The van der Waals surface area contributed by atoms with Gasteiger partial charge in [-0.2, -0.15) is 0 Å². The van der Waals surface area contributed by atoms with Crippen molar-refractivity contribution in [1.82, 2.24) is 0 Å². The average Bonchev–Trinajstić information content (AvgIpc) is 2.29. The first kappa shape index (κ1) is 15.9. The van der Waals surface area contributed by atoms with Crippen LogP contribution in [0, 0.1) is 6.92 Å². The normalized spacial score (nSPS) is 10.5. The molecule has 0 aromatic heterocycles. The molecule has 98 valence electrons. The van der Waals surface area contributed by atoms with E-state index in [1.54, 1.807) is 0 Å². The molecule has 17 heavy (non-hydrogen) atoms. The summed E-state index contributed by atoms with van der Waals surface area (Å²) in [5.74, 6) is 0. The van der Waals surface area contributed by atoms with Crippen molar-refractivity contribution in [2.24, 2.45) is 5.73 Å². The number of hydrogen-bond donors (Lipinski definition) is 1. The molecule has 0 saturated heterocycles. The van der Waals surface area contributed by atoms with Crippen molar-refractivity contribution in [3.63, 3.8) is 0 Å². The minimum absolute atomic E-state index is 0.330. The lowest BCUT2D eigenvalue weighted by atomic mass is 10.1. The van der Waals surface area contributed by atoms with E-state index in [0.717, 1.165) is 11.1 Å². The van der Waals surface area contributed by atoms with E-state index in [2.05, 4.69) is 0 Å². The van der Waals surface area contributed by atoms with E-state index in [0.29, 0.717) is 12.2 Å². The van der Waals surface area contributed by atoms with E-state index < -0.39 is 10.0 Å². The largest absolute Gasteiger partial charge is 0.326 e. The smallest absolute Gasteiger partial charge is 0.232 e. The third kappa shape index (κ3) is 4.02. The summed E-state index contributed by atoms with van der Waals surface area (Å²) < 4.78 is 24.1. The lowest BCUT2D eigenvalue weighted by molar-refractivity contribution is 0.600. The van der Waals surface area contributed by atoms with E-state index >= 15 is 0 Å². The third-order valence-electron chi connectivity index (χ3n) is 2.35. The Hall–Kier alpha value is -1.07. The first-order chi connectivity index (χ1) is 7.88. The maximum Gasteiger partial charge on any atom is 0.232 e. The second kappa shape index (κ2) is 6.61. The van der Waals surface area contributed by atoms with Gasteiger partial charge in [0.2, 0.25) is 10.0 Å². The summed E-state index contributed by atoms with van der Waals surface area (Å²) in [6.45, 7) is 6.20. The molecule has 0 aliphatic rings. The highest BCUT2D eigenvalue weighted by molar-refractivity contribution is 7.92. The summed E-state index contributed by atoms with van der Waals surface area (Å²) in [6, 6.07) is 5.58. The Morgan fingerprint density at radius 1 is 1.29 bits per heavy atom. The quantitative estimate of drug-likeness (QED) is 0.900. The topological polar surface area (TPSA) is 63.4 Å². The Balaban J connectivity index is 0.00000121. The van der Waals surface area contributed by atoms with Gasteiger partial charge in [0, 0.05) is 13.6 Å². The van der Waals surface area contributed by atoms with Crippen LogP contribution in [0.5, 0.6) is 0 Å². The van der Waals surface area contributed by atoms with Gasteiger partial charge in [-0.1, -0.05) is 32.0 Å². The Morgan fingerprint density at radius 3 is 2.24 bits per heavy atom. The number of aryl methyl sites for hydroxylation is 1. The van der Waals surface area contributed by atoms with Crippen LogP contribution in [0.3, 0.4) is 0 Å². The summed E-state index contributed by atoms with van der Waals surface area (Å²) in [5, 5.41) is 0. The molecule has 1 aromatic carbocycles. The number of hydrogen-bond acceptors (Lipinski definition) is 3. The molecule has 0 spiro atoms. The van der Waals surface area contributed by atoms with Crippen molar-refractivity contribution in [3.8, 4) is 0 Å². The Labute approximate surface area is 104 Å². The molecule has 4 nitrogen and oxygen atoms in total. The molecule has 0 amide bonds. The minimum Gasteiger partial charge on any atom is -0.326 e.